The van der Waals surface area contributed by atoms with Gasteiger partial charge in [-0.2, -0.15) is 0 Å². The summed E-state index contributed by atoms with van der Waals surface area (Å²) in [5, 5.41) is 3.36. The number of halogens is 1. The average Bonchev–Trinajstić information content (AvgIpc) is 2.91. The van der Waals surface area contributed by atoms with Crippen molar-refractivity contribution in [2.45, 2.75) is 38.5 Å². The highest BCUT2D eigenvalue weighted by Gasteiger charge is 2.42. The molecule has 2 unspecified atom stereocenters. The molecule has 0 amide bonds. The van der Waals surface area contributed by atoms with Gasteiger partial charge < -0.3 is 29.0 Å². The summed E-state index contributed by atoms with van der Waals surface area (Å²) >= 11 is 3.58. The highest BCUT2D eigenvalue weighted by molar-refractivity contribution is 9.10. The molecule has 0 bridgehead atoms. The number of allylic oxidation sites excluding steroid dienone is 3. The Morgan fingerprint density at radius 3 is 2.32 bits per heavy atom. The van der Waals surface area contributed by atoms with Gasteiger partial charge in [0.1, 0.15) is 0 Å². The molecule has 0 radical (unpaired) electrons. The van der Waals surface area contributed by atoms with E-state index in [9.17, 15) is 9.59 Å². The number of carbonyl (C=O) groups is 2. The Labute approximate surface area is 231 Å². The molecule has 1 aliphatic heterocycles. The average molecular weight is 586 g/mol. The van der Waals surface area contributed by atoms with Crippen LogP contribution in [0.5, 0.6) is 23.0 Å². The quantitative estimate of drug-likeness (QED) is 0.411. The Balaban J connectivity index is 1.84. The number of esters is 1. The largest absolute Gasteiger partial charge is 0.493 e. The van der Waals surface area contributed by atoms with Gasteiger partial charge >= 0.3 is 5.97 Å². The number of methoxy groups -OCH3 is 4. The standard InChI is InChI=1S/C29H32BrNO7/c1-7-38-24-14-18(10-19(30)28(24)36-5)26-25(29(33)37-6)15(2)31-20-11-17(12-21(32)27(20)26)16-8-9-22(34-3)23(13-16)35-4/h8-10,13-14,17,26,31H,7,11-12H2,1-6H3. The maximum absolute atomic E-state index is 13.9. The van der Waals surface area contributed by atoms with Crippen molar-refractivity contribution in [3.8, 4) is 23.0 Å². The number of hydrogen-bond donors (Lipinski definition) is 1. The SMILES string of the molecule is CCOc1cc(C2C(C(=O)OC)=C(C)NC3=C2C(=O)CC(c2ccc(OC)c(OC)c2)C3)cc(Br)c1OC. The molecule has 0 fully saturated rings. The van der Waals surface area contributed by atoms with E-state index in [1.54, 1.807) is 21.3 Å². The Morgan fingerprint density at radius 1 is 0.974 bits per heavy atom. The summed E-state index contributed by atoms with van der Waals surface area (Å²) in [7, 11) is 6.09. The maximum atomic E-state index is 13.9. The monoisotopic (exact) mass is 585 g/mol. The first-order valence-electron chi connectivity index (χ1n) is 12.3. The van der Waals surface area contributed by atoms with Crippen LogP contribution in [0.4, 0.5) is 0 Å². The summed E-state index contributed by atoms with van der Waals surface area (Å²) < 4.78 is 28.0. The zero-order valence-corrected chi connectivity index (χ0v) is 24.0. The number of Topliss-reactive ketones (excluding diaryl/α,β-unsaturated/α-hetero) is 1. The second kappa shape index (κ2) is 11.5. The van der Waals surface area contributed by atoms with Gasteiger partial charge in [0.25, 0.3) is 0 Å². The normalized spacial score (nSPS) is 19.0. The summed E-state index contributed by atoms with van der Waals surface area (Å²) in [6.07, 6.45) is 0.879. The van der Waals surface area contributed by atoms with Gasteiger partial charge in [0, 0.05) is 29.3 Å². The van der Waals surface area contributed by atoms with E-state index in [2.05, 4.69) is 21.2 Å². The lowest BCUT2D eigenvalue weighted by Gasteiger charge is -2.37. The minimum atomic E-state index is -0.626. The molecule has 0 saturated carbocycles. The molecule has 1 N–H and O–H groups in total. The fourth-order valence-corrected chi connectivity index (χ4v) is 5.93. The summed E-state index contributed by atoms with van der Waals surface area (Å²) in [5.74, 6) is 1.08. The minimum absolute atomic E-state index is 0.0395. The van der Waals surface area contributed by atoms with Crippen LogP contribution in [0, 0.1) is 0 Å². The summed E-state index contributed by atoms with van der Waals surface area (Å²) in [4.78, 5) is 26.9. The molecule has 2 atom stereocenters. The molecule has 38 heavy (non-hydrogen) atoms. The van der Waals surface area contributed by atoms with E-state index in [-0.39, 0.29) is 18.1 Å². The molecule has 1 aliphatic carbocycles. The summed E-state index contributed by atoms with van der Waals surface area (Å²) in [6, 6.07) is 9.43. The van der Waals surface area contributed by atoms with Crippen LogP contribution in [0.15, 0.2) is 57.3 Å². The van der Waals surface area contributed by atoms with E-state index < -0.39 is 11.9 Å². The fourth-order valence-electron chi connectivity index (χ4n) is 5.31. The molecule has 202 valence electrons. The number of nitrogens with one attached hydrogen (secondary N) is 1. The molecular weight excluding hydrogens is 554 g/mol. The van der Waals surface area contributed by atoms with Crippen molar-refractivity contribution in [2.75, 3.05) is 35.0 Å². The van der Waals surface area contributed by atoms with E-state index in [0.29, 0.717) is 57.3 Å². The number of benzene rings is 2. The second-order valence-corrected chi connectivity index (χ2v) is 9.94. The predicted octanol–water partition coefficient (Wildman–Crippen LogP) is 5.41. The van der Waals surface area contributed by atoms with Crippen molar-refractivity contribution < 1.29 is 33.3 Å². The van der Waals surface area contributed by atoms with Crippen LogP contribution in [0.2, 0.25) is 0 Å². The lowest BCUT2D eigenvalue weighted by atomic mass is 9.71. The van der Waals surface area contributed by atoms with Crippen LogP contribution in [-0.4, -0.2) is 46.8 Å². The lowest BCUT2D eigenvalue weighted by molar-refractivity contribution is -0.136. The van der Waals surface area contributed by atoms with Gasteiger partial charge in [-0.1, -0.05) is 6.07 Å². The topological polar surface area (TPSA) is 92.3 Å². The number of rotatable bonds is 8. The Hall–Kier alpha value is -3.46. The number of carbonyl (C=O) groups excluding carboxylic acids is 2. The number of ketones is 1. The minimum Gasteiger partial charge on any atom is -0.493 e. The molecule has 0 saturated heterocycles. The van der Waals surface area contributed by atoms with Crippen LogP contribution in [-0.2, 0) is 14.3 Å². The third-order valence-electron chi connectivity index (χ3n) is 6.98. The zero-order chi connectivity index (χ0) is 27.6. The first kappa shape index (κ1) is 27.6. The van der Waals surface area contributed by atoms with Crippen molar-refractivity contribution in [3.63, 3.8) is 0 Å². The highest BCUT2D eigenvalue weighted by atomic mass is 79.9. The molecule has 2 aliphatic rings. The van der Waals surface area contributed by atoms with Crippen LogP contribution in [0.3, 0.4) is 0 Å². The Morgan fingerprint density at radius 2 is 1.68 bits per heavy atom. The fraction of sp³-hybridized carbons (Fsp3) is 0.379. The molecule has 4 rings (SSSR count). The molecule has 2 aromatic carbocycles. The smallest absolute Gasteiger partial charge is 0.336 e. The van der Waals surface area contributed by atoms with Gasteiger partial charge in [-0.25, -0.2) is 4.79 Å². The van der Waals surface area contributed by atoms with E-state index >= 15 is 0 Å². The van der Waals surface area contributed by atoms with Crippen LogP contribution < -0.4 is 24.3 Å². The molecule has 0 spiro atoms. The van der Waals surface area contributed by atoms with Gasteiger partial charge in [0.2, 0.25) is 0 Å². The Kier molecular flexibility index (Phi) is 8.35. The third kappa shape index (κ3) is 4.99. The summed E-state index contributed by atoms with van der Waals surface area (Å²) in [5.41, 5.74) is 4.10. The van der Waals surface area contributed by atoms with Crippen molar-refractivity contribution in [2.24, 2.45) is 0 Å². The summed E-state index contributed by atoms with van der Waals surface area (Å²) in [6.45, 7) is 4.14. The molecule has 1 heterocycles. The molecule has 8 nitrogen and oxygen atoms in total. The zero-order valence-electron chi connectivity index (χ0n) is 22.4. The van der Waals surface area contributed by atoms with Gasteiger partial charge in [-0.15, -0.1) is 0 Å². The van der Waals surface area contributed by atoms with Gasteiger partial charge in [-0.3, -0.25) is 4.79 Å². The Bertz CT molecular complexity index is 1330. The molecule has 0 aromatic heterocycles. The second-order valence-electron chi connectivity index (χ2n) is 9.09. The van der Waals surface area contributed by atoms with Gasteiger partial charge in [0.05, 0.1) is 45.1 Å². The van der Waals surface area contributed by atoms with E-state index in [4.69, 9.17) is 23.7 Å². The van der Waals surface area contributed by atoms with E-state index in [1.807, 2.05) is 44.2 Å². The first-order valence-corrected chi connectivity index (χ1v) is 13.1. The molecule has 2 aromatic rings. The maximum Gasteiger partial charge on any atom is 0.336 e. The van der Waals surface area contributed by atoms with Gasteiger partial charge in [-0.05, 0) is 77.5 Å². The van der Waals surface area contributed by atoms with Crippen molar-refractivity contribution in [1.82, 2.24) is 5.32 Å². The highest BCUT2D eigenvalue weighted by Crippen LogP contribution is 2.49. The van der Waals surface area contributed by atoms with E-state index in [1.165, 1.54) is 7.11 Å². The third-order valence-corrected chi connectivity index (χ3v) is 7.57. The van der Waals surface area contributed by atoms with Crippen LogP contribution in [0.25, 0.3) is 0 Å². The molecular formula is C29H32BrNO7. The molecule has 9 heteroatoms. The van der Waals surface area contributed by atoms with Crippen LogP contribution in [0.1, 0.15) is 49.7 Å². The van der Waals surface area contributed by atoms with E-state index in [0.717, 1.165) is 16.8 Å². The van der Waals surface area contributed by atoms with Crippen molar-refractivity contribution in [3.05, 3.63) is 68.5 Å². The van der Waals surface area contributed by atoms with Crippen molar-refractivity contribution >= 4 is 27.7 Å². The van der Waals surface area contributed by atoms with Crippen LogP contribution >= 0.6 is 15.9 Å². The first-order chi connectivity index (χ1) is 18.3. The van der Waals surface area contributed by atoms with Crippen molar-refractivity contribution in [1.29, 1.82) is 0 Å². The predicted molar refractivity (Wildman–Crippen MR) is 146 cm³/mol. The number of ether oxygens (including phenoxy) is 5. The van der Waals surface area contributed by atoms with Gasteiger partial charge in [0.15, 0.2) is 28.8 Å². The number of dihydropyridines is 1. The lowest BCUT2D eigenvalue weighted by Crippen LogP contribution is -2.36. The number of hydrogen-bond acceptors (Lipinski definition) is 8.